The summed E-state index contributed by atoms with van der Waals surface area (Å²) < 4.78 is 0. The molecule has 1 heterocycles. The standard InChI is InChI=1S/C29H46N2S/c1-5-6-7-8-9-10-11-15-26-22-30-29(31-23-26)27-16-18-28(19-17-27)32-21-20-25(4)14-12-13-24(2)3/h16-19,22-25H,5-15,20-21H2,1-4H3. The molecular weight excluding hydrogens is 408 g/mol. The number of thioether (sulfide) groups is 1. The molecule has 0 aliphatic carbocycles. The Balaban J connectivity index is 1.67. The number of aryl methyl sites for hydroxylation is 1. The molecule has 0 aliphatic heterocycles. The van der Waals surface area contributed by atoms with Crippen molar-refractivity contribution in [1.29, 1.82) is 0 Å². The molecule has 0 bridgehead atoms. The Bertz CT molecular complexity index is 709. The van der Waals surface area contributed by atoms with E-state index in [0.717, 1.165) is 29.6 Å². The highest BCUT2D eigenvalue weighted by molar-refractivity contribution is 7.99. The first-order valence-corrected chi connectivity index (χ1v) is 14.1. The summed E-state index contributed by atoms with van der Waals surface area (Å²) in [6.45, 7) is 9.31. The third-order valence-corrected chi connectivity index (χ3v) is 7.29. The van der Waals surface area contributed by atoms with Gasteiger partial charge in [0.1, 0.15) is 0 Å². The van der Waals surface area contributed by atoms with E-state index in [9.17, 15) is 0 Å². The van der Waals surface area contributed by atoms with Gasteiger partial charge in [0.05, 0.1) is 0 Å². The molecule has 178 valence electrons. The largest absolute Gasteiger partial charge is 0.236 e. The number of benzene rings is 1. The molecule has 0 aliphatic rings. The Morgan fingerprint density at radius 2 is 1.41 bits per heavy atom. The van der Waals surface area contributed by atoms with Crippen LogP contribution < -0.4 is 0 Å². The molecule has 2 rings (SSSR count). The minimum absolute atomic E-state index is 0.827. The van der Waals surface area contributed by atoms with Crippen LogP contribution in [0.25, 0.3) is 11.4 Å². The monoisotopic (exact) mass is 454 g/mol. The number of aromatic nitrogens is 2. The van der Waals surface area contributed by atoms with Gasteiger partial charge in [0.15, 0.2) is 5.82 Å². The van der Waals surface area contributed by atoms with Gasteiger partial charge in [0, 0.05) is 22.9 Å². The lowest BCUT2D eigenvalue weighted by molar-refractivity contribution is 0.451. The van der Waals surface area contributed by atoms with Gasteiger partial charge >= 0.3 is 0 Å². The van der Waals surface area contributed by atoms with Crippen molar-refractivity contribution in [2.24, 2.45) is 11.8 Å². The fourth-order valence-corrected chi connectivity index (χ4v) is 5.10. The first-order valence-electron chi connectivity index (χ1n) is 13.1. The zero-order valence-electron chi connectivity index (χ0n) is 21.1. The average molecular weight is 455 g/mol. The van der Waals surface area contributed by atoms with E-state index in [1.165, 1.54) is 86.8 Å². The second kappa shape index (κ2) is 16.3. The van der Waals surface area contributed by atoms with Gasteiger partial charge in [0.2, 0.25) is 0 Å². The zero-order valence-corrected chi connectivity index (χ0v) is 21.9. The molecule has 1 aromatic carbocycles. The van der Waals surface area contributed by atoms with Crippen molar-refractivity contribution >= 4 is 11.8 Å². The van der Waals surface area contributed by atoms with Gasteiger partial charge in [0.25, 0.3) is 0 Å². The van der Waals surface area contributed by atoms with E-state index < -0.39 is 0 Å². The summed E-state index contributed by atoms with van der Waals surface area (Å²) in [6.07, 6.45) is 19.9. The molecule has 1 atom stereocenters. The molecule has 0 saturated heterocycles. The van der Waals surface area contributed by atoms with Gasteiger partial charge in [-0.15, -0.1) is 11.8 Å². The van der Waals surface area contributed by atoms with Crippen molar-refractivity contribution in [2.75, 3.05) is 5.75 Å². The van der Waals surface area contributed by atoms with Crippen LogP contribution in [0.15, 0.2) is 41.6 Å². The number of nitrogens with zero attached hydrogens (tertiary/aromatic N) is 2. The molecule has 3 heteroatoms. The molecule has 1 unspecified atom stereocenters. The Labute approximate surface area is 202 Å². The molecule has 0 N–H and O–H groups in total. The molecule has 0 saturated carbocycles. The van der Waals surface area contributed by atoms with Crippen molar-refractivity contribution in [3.63, 3.8) is 0 Å². The SMILES string of the molecule is CCCCCCCCCc1cnc(-c2ccc(SCCC(C)CCCC(C)C)cc2)nc1. The van der Waals surface area contributed by atoms with Gasteiger partial charge in [-0.25, -0.2) is 9.97 Å². The second-order valence-corrected chi connectivity index (χ2v) is 11.0. The van der Waals surface area contributed by atoms with Crippen LogP contribution in [0.3, 0.4) is 0 Å². The van der Waals surface area contributed by atoms with Gasteiger partial charge in [-0.1, -0.05) is 97.6 Å². The summed E-state index contributed by atoms with van der Waals surface area (Å²) in [5, 5.41) is 0. The lowest BCUT2D eigenvalue weighted by Gasteiger charge is -2.12. The van der Waals surface area contributed by atoms with Crippen molar-refractivity contribution in [2.45, 2.75) is 110 Å². The number of hydrogen-bond acceptors (Lipinski definition) is 3. The maximum atomic E-state index is 4.63. The predicted molar refractivity (Wildman–Crippen MR) is 142 cm³/mol. The summed E-state index contributed by atoms with van der Waals surface area (Å²) in [7, 11) is 0. The van der Waals surface area contributed by atoms with Crippen LogP contribution in [0.5, 0.6) is 0 Å². The van der Waals surface area contributed by atoms with Crippen LogP contribution in [-0.2, 0) is 6.42 Å². The quantitative estimate of drug-likeness (QED) is 0.176. The van der Waals surface area contributed by atoms with E-state index in [-0.39, 0.29) is 0 Å². The minimum Gasteiger partial charge on any atom is -0.236 e. The highest BCUT2D eigenvalue weighted by Crippen LogP contribution is 2.25. The fraction of sp³-hybridized carbons (Fsp3) is 0.655. The maximum absolute atomic E-state index is 4.63. The van der Waals surface area contributed by atoms with E-state index in [1.807, 2.05) is 24.2 Å². The molecule has 0 amide bonds. The van der Waals surface area contributed by atoms with Gasteiger partial charge in [-0.3, -0.25) is 0 Å². The van der Waals surface area contributed by atoms with Crippen molar-refractivity contribution in [3.05, 3.63) is 42.2 Å². The van der Waals surface area contributed by atoms with Crippen LogP contribution >= 0.6 is 11.8 Å². The molecule has 0 radical (unpaired) electrons. The van der Waals surface area contributed by atoms with Crippen LogP contribution in [0, 0.1) is 11.8 Å². The number of hydrogen-bond donors (Lipinski definition) is 0. The van der Waals surface area contributed by atoms with Gasteiger partial charge in [-0.05, 0) is 54.5 Å². The summed E-state index contributed by atoms with van der Waals surface area (Å²) >= 11 is 1.97. The highest BCUT2D eigenvalue weighted by atomic mass is 32.2. The molecule has 32 heavy (non-hydrogen) atoms. The van der Waals surface area contributed by atoms with Crippen molar-refractivity contribution in [3.8, 4) is 11.4 Å². The van der Waals surface area contributed by atoms with E-state index in [2.05, 4.69) is 61.9 Å². The fourth-order valence-electron chi connectivity index (χ4n) is 4.02. The van der Waals surface area contributed by atoms with Gasteiger partial charge < -0.3 is 0 Å². The minimum atomic E-state index is 0.827. The van der Waals surface area contributed by atoms with Crippen molar-refractivity contribution < 1.29 is 0 Å². The topological polar surface area (TPSA) is 25.8 Å². The summed E-state index contributed by atoms with van der Waals surface area (Å²) in [4.78, 5) is 10.6. The van der Waals surface area contributed by atoms with Crippen LogP contribution in [0.1, 0.15) is 104 Å². The smallest absolute Gasteiger partial charge is 0.159 e. The number of unbranched alkanes of at least 4 members (excludes halogenated alkanes) is 6. The molecule has 2 nitrogen and oxygen atoms in total. The second-order valence-electron chi connectivity index (χ2n) is 9.88. The third kappa shape index (κ3) is 11.5. The Morgan fingerprint density at radius 1 is 0.750 bits per heavy atom. The van der Waals surface area contributed by atoms with Crippen LogP contribution in [0.2, 0.25) is 0 Å². The summed E-state index contributed by atoms with van der Waals surface area (Å²) in [5.74, 6) is 3.70. The molecular formula is C29H46N2S. The molecule has 0 spiro atoms. The third-order valence-electron chi connectivity index (χ3n) is 6.24. The maximum Gasteiger partial charge on any atom is 0.159 e. The van der Waals surface area contributed by atoms with Gasteiger partial charge in [-0.2, -0.15) is 0 Å². The van der Waals surface area contributed by atoms with E-state index in [4.69, 9.17) is 0 Å². The van der Waals surface area contributed by atoms with Crippen LogP contribution in [0.4, 0.5) is 0 Å². The first kappa shape index (κ1) is 26.9. The van der Waals surface area contributed by atoms with E-state index in [0.29, 0.717) is 0 Å². The van der Waals surface area contributed by atoms with E-state index >= 15 is 0 Å². The predicted octanol–water partition coefficient (Wildman–Crippen LogP) is 9.38. The van der Waals surface area contributed by atoms with E-state index in [1.54, 1.807) is 0 Å². The Kier molecular flexibility index (Phi) is 13.7. The zero-order chi connectivity index (χ0) is 23.0. The lowest BCUT2D eigenvalue weighted by atomic mass is 9.98. The summed E-state index contributed by atoms with van der Waals surface area (Å²) in [5.41, 5.74) is 2.37. The first-order chi connectivity index (χ1) is 15.6. The summed E-state index contributed by atoms with van der Waals surface area (Å²) in [6, 6.07) is 8.78. The van der Waals surface area contributed by atoms with Crippen molar-refractivity contribution in [1.82, 2.24) is 9.97 Å². The Morgan fingerprint density at radius 3 is 2.06 bits per heavy atom. The highest BCUT2D eigenvalue weighted by Gasteiger charge is 2.06. The molecule has 2 aromatic rings. The number of rotatable bonds is 17. The van der Waals surface area contributed by atoms with Crippen LogP contribution in [-0.4, -0.2) is 15.7 Å². The molecule has 0 fully saturated rings. The Hall–Kier alpha value is -1.35. The lowest BCUT2D eigenvalue weighted by Crippen LogP contribution is -1.98. The molecule has 1 aromatic heterocycles. The average Bonchev–Trinajstić information content (AvgIpc) is 2.79. The normalized spacial score (nSPS) is 12.4.